The van der Waals surface area contributed by atoms with Gasteiger partial charge in [-0.2, -0.15) is 0 Å². The van der Waals surface area contributed by atoms with Gasteiger partial charge in [0.05, 0.1) is 0 Å². The minimum Gasteiger partial charge on any atom is -0.317 e. The zero-order chi connectivity index (χ0) is 10.9. The van der Waals surface area contributed by atoms with E-state index in [1.165, 1.54) is 24.1 Å². The Morgan fingerprint density at radius 2 is 2.33 bits per heavy atom. The summed E-state index contributed by atoms with van der Waals surface area (Å²) >= 11 is 1.88. The van der Waals surface area contributed by atoms with Crippen molar-refractivity contribution in [1.82, 2.24) is 5.32 Å². The van der Waals surface area contributed by atoms with Gasteiger partial charge in [0.1, 0.15) is 0 Å². The third-order valence-corrected chi connectivity index (χ3v) is 4.66. The Labute approximate surface area is 96.9 Å². The predicted molar refractivity (Wildman–Crippen MR) is 67.4 cm³/mol. The largest absolute Gasteiger partial charge is 0.317 e. The lowest BCUT2D eigenvalue weighted by Gasteiger charge is -2.17. The first-order chi connectivity index (χ1) is 7.13. The number of hydrogen-bond donors (Lipinski definition) is 1. The van der Waals surface area contributed by atoms with E-state index in [2.05, 4.69) is 43.7 Å². The van der Waals surface area contributed by atoms with E-state index >= 15 is 0 Å². The molecule has 0 amide bonds. The van der Waals surface area contributed by atoms with Crippen molar-refractivity contribution in [3.05, 3.63) is 22.4 Å². The molecule has 0 spiro atoms. The molecule has 84 valence electrons. The van der Waals surface area contributed by atoms with Gasteiger partial charge in [-0.25, -0.2) is 0 Å². The predicted octanol–water partition coefficient (Wildman–Crippen LogP) is 3.31. The van der Waals surface area contributed by atoms with E-state index in [0.29, 0.717) is 11.5 Å². The molecule has 0 bridgehead atoms. The van der Waals surface area contributed by atoms with Gasteiger partial charge in [0.2, 0.25) is 0 Å². The maximum atomic E-state index is 3.49. The fourth-order valence-corrected chi connectivity index (χ4v) is 3.22. The van der Waals surface area contributed by atoms with Crippen molar-refractivity contribution in [3.63, 3.8) is 0 Å². The molecular formula is C13H21NS. The van der Waals surface area contributed by atoms with Crippen LogP contribution in [-0.4, -0.2) is 13.1 Å². The van der Waals surface area contributed by atoms with Crippen molar-refractivity contribution in [2.75, 3.05) is 7.05 Å². The van der Waals surface area contributed by atoms with Crippen molar-refractivity contribution in [3.8, 4) is 0 Å². The Kier molecular flexibility index (Phi) is 3.17. The highest BCUT2D eigenvalue weighted by Gasteiger charge is 2.49. The Balaban J connectivity index is 1.82. The fourth-order valence-electron chi connectivity index (χ4n) is 2.49. The minimum atomic E-state index is 0.586. The minimum absolute atomic E-state index is 0.586. The smallest absolute Gasteiger partial charge is 0.0101 e. The average Bonchev–Trinajstić information content (AvgIpc) is 2.68. The molecule has 0 radical (unpaired) electrons. The molecule has 1 aliphatic carbocycles. The van der Waals surface area contributed by atoms with Crippen LogP contribution >= 0.6 is 11.3 Å². The number of nitrogens with one attached hydrogen (secondary N) is 1. The highest BCUT2D eigenvalue weighted by Crippen LogP contribution is 2.54. The number of rotatable bonds is 5. The summed E-state index contributed by atoms with van der Waals surface area (Å²) in [4.78, 5) is 1.52. The van der Waals surface area contributed by atoms with Crippen LogP contribution in [0.1, 0.15) is 31.6 Å². The summed E-state index contributed by atoms with van der Waals surface area (Å²) in [6.07, 6.45) is 3.91. The molecule has 2 unspecified atom stereocenters. The molecule has 0 aromatic carbocycles. The second-order valence-electron chi connectivity index (χ2n) is 5.31. The van der Waals surface area contributed by atoms with Crippen molar-refractivity contribution in [2.45, 2.75) is 39.2 Å². The van der Waals surface area contributed by atoms with Gasteiger partial charge < -0.3 is 5.32 Å². The molecule has 1 fully saturated rings. The maximum absolute atomic E-state index is 3.49. The monoisotopic (exact) mass is 223 g/mol. The van der Waals surface area contributed by atoms with Crippen LogP contribution in [0.25, 0.3) is 0 Å². The molecule has 1 saturated carbocycles. The van der Waals surface area contributed by atoms with Gasteiger partial charge in [-0.1, -0.05) is 19.9 Å². The van der Waals surface area contributed by atoms with Gasteiger partial charge >= 0.3 is 0 Å². The lowest BCUT2D eigenvalue weighted by molar-refractivity contribution is 0.408. The van der Waals surface area contributed by atoms with Gasteiger partial charge in [-0.3, -0.25) is 0 Å². The maximum Gasteiger partial charge on any atom is 0.0101 e. The standard InChI is InChI=1S/C13H21NS/c1-13(2)9-11(13)12(14-3)7-6-10-5-4-8-15-10/h4-5,8,11-12,14H,6-7,9H2,1-3H3. The molecule has 1 nitrogen and oxygen atoms in total. The molecule has 2 rings (SSSR count). The first-order valence-corrected chi connectivity index (χ1v) is 6.71. The van der Waals surface area contributed by atoms with Gasteiger partial charge in [-0.15, -0.1) is 11.3 Å². The Hall–Kier alpha value is -0.340. The van der Waals surface area contributed by atoms with Crippen LogP contribution in [0.3, 0.4) is 0 Å². The van der Waals surface area contributed by atoms with E-state index in [1.54, 1.807) is 0 Å². The number of aryl methyl sites for hydroxylation is 1. The second kappa shape index (κ2) is 4.26. The van der Waals surface area contributed by atoms with E-state index in [-0.39, 0.29) is 0 Å². The molecule has 0 saturated heterocycles. The summed E-state index contributed by atoms with van der Waals surface area (Å²) < 4.78 is 0. The normalized spacial score (nSPS) is 25.1. The van der Waals surface area contributed by atoms with Gasteiger partial charge in [0.15, 0.2) is 0 Å². The van der Waals surface area contributed by atoms with Gasteiger partial charge in [0, 0.05) is 10.9 Å². The first-order valence-electron chi connectivity index (χ1n) is 5.83. The van der Waals surface area contributed by atoms with Crippen LogP contribution < -0.4 is 5.32 Å². The Bertz CT molecular complexity index is 302. The molecule has 0 aliphatic heterocycles. The molecule has 1 N–H and O–H groups in total. The van der Waals surface area contributed by atoms with E-state index in [4.69, 9.17) is 0 Å². The number of hydrogen-bond acceptors (Lipinski definition) is 2. The zero-order valence-electron chi connectivity index (χ0n) is 9.92. The Morgan fingerprint density at radius 3 is 2.80 bits per heavy atom. The summed E-state index contributed by atoms with van der Waals surface area (Å²) in [6.45, 7) is 4.76. The molecular weight excluding hydrogens is 202 g/mol. The van der Waals surface area contributed by atoms with E-state index < -0.39 is 0 Å². The Morgan fingerprint density at radius 1 is 1.60 bits per heavy atom. The SMILES string of the molecule is CNC(CCc1cccs1)C1CC1(C)C. The van der Waals surface area contributed by atoms with Crippen LogP contribution in [0.2, 0.25) is 0 Å². The van der Waals surface area contributed by atoms with Crippen LogP contribution in [0.15, 0.2) is 17.5 Å². The molecule has 15 heavy (non-hydrogen) atoms. The lowest BCUT2D eigenvalue weighted by atomic mass is 10.00. The van der Waals surface area contributed by atoms with Crippen molar-refractivity contribution in [2.24, 2.45) is 11.3 Å². The summed E-state index contributed by atoms with van der Waals surface area (Å²) in [7, 11) is 2.10. The summed E-state index contributed by atoms with van der Waals surface area (Å²) in [6, 6.07) is 5.10. The zero-order valence-corrected chi connectivity index (χ0v) is 10.7. The molecule has 1 aromatic heterocycles. The summed E-state index contributed by atoms with van der Waals surface area (Å²) in [5.74, 6) is 0.891. The third-order valence-electron chi connectivity index (χ3n) is 3.73. The fraction of sp³-hybridized carbons (Fsp3) is 0.692. The van der Waals surface area contributed by atoms with Crippen LogP contribution in [0, 0.1) is 11.3 Å². The third kappa shape index (κ3) is 2.61. The van der Waals surface area contributed by atoms with Crippen molar-refractivity contribution >= 4 is 11.3 Å². The topological polar surface area (TPSA) is 12.0 Å². The summed E-state index contributed by atoms with van der Waals surface area (Å²) in [5.41, 5.74) is 0.586. The highest BCUT2D eigenvalue weighted by atomic mass is 32.1. The molecule has 2 heteroatoms. The molecule has 1 heterocycles. The van der Waals surface area contributed by atoms with Crippen molar-refractivity contribution in [1.29, 1.82) is 0 Å². The van der Waals surface area contributed by atoms with Crippen LogP contribution in [0.5, 0.6) is 0 Å². The lowest BCUT2D eigenvalue weighted by Crippen LogP contribution is -2.29. The molecule has 1 aliphatic rings. The van der Waals surface area contributed by atoms with E-state index in [1.807, 2.05) is 11.3 Å². The van der Waals surface area contributed by atoms with Crippen LogP contribution in [-0.2, 0) is 6.42 Å². The molecule has 2 atom stereocenters. The average molecular weight is 223 g/mol. The number of thiophene rings is 1. The second-order valence-corrected chi connectivity index (χ2v) is 6.34. The summed E-state index contributed by atoms with van der Waals surface area (Å²) in [5, 5.41) is 5.66. The van der Waals surface area contributed by atoms with Crippen molar-refractivity contribution < 1.29 is 0 Å². The van der Waals surface area contributed by atoms with E-state index in [0.717, 1.165) is 5.92 Å². The highest BCUT2D eigenvalue weighted by molar-refractivity contribution is 7.09. The van der Waals surface area contributed by atoms with E-state index in [9.17, 15) is 0 Å². The van der Waals surface area contributed by atoms with Gasteiger partial charge in [-0.05, 0) is 49.1 Å². The van der Waals surface area contributed by atoms with Gasteiger partial charge in [0.25, 0.3) is 0 Å². The quantitative estimate of drug-likeness (QED) is 0.807. The van der Waals surface area contributed by atoms with Crippen LogP contribution in [0.4, 0.5) is 0 Å². The molecule has 1 aromatic rings. The first kappa shape index (κ1) is 11.2.